The molecule has 0 saturated heterocycles. The highest BCUT2D eigenvalue weighted by Gasteiger charge is 2.10. The molecule has 0 spiro atoms. The molecule has 0 atom stereocenters. The van der Waals surface area contributed by atoms with Gasteiger partial charge in [0.15, 0.2) is 5.58 Å². The molecule has 0 radical (unpaired) electrons. The molecule has 0 unspecified atom stereocenters. The summed E-state index contributed by atoms with van der Waals surface area (Å²) in [4.78, 5) is 4.03. The van der Waals surface area contributed by atoms with E-state index in [0.29, 0.717) is 22.0 Å². The van der Waals surface area contributed by atoms with Crippen LogP contribution in [0.4, 0.5) is 0 Å². The van der Waals surface area contributed by atoms with Crippen LogP contribution in [-0.2, 0) is 0 Å². The zero-order valence-electron chi connectivity index (χ0n) is 7.84. The number of hydrogen-bond acceptors (Lipinski definition) is 2. The second-order valence-electron chi connectivity index (χ2n) is 3.47. The molecular weight excluding hydrogens is 221 g/mol. The number of oxazole rings is 1. The van der Waals surface area contributed by atoms with Crippen molar-refractivity contribution in [1.29, 1.82) is 0 Å². The quantitative estimate of drug-likeness (QED) is 0.731. The van der Waals surface area contributed by atoms with Gasteiger partial charge >= 0.3 is 0 Å². The van der Waals surface area contributed by atoms with E-state index in [0.717, 1.165) is 5.56 Å². The van der Waals surface area contributed by atoms with Crippen LogP contribution in [0, 0.1) is 0 Å². The molecule has 0 amide bonds. The third-order valence-electron chi connectivity index (χ3n) is 2.11. The molecule has 2 aromatic rings. The fourth-order valence-corrected chi connectivity index (χ4v) is 1.75. The lowest BCUT2D eigenvalue weighted by atomic mass is 10.0. The lowest BCUT2D eigenvalue weighted by Gasteiger charge is -2.04. The minimum atomic E-state index is 0.128. The van der Waals surface area contributed by atoms with Gasteiger partial charge in [-0.25, -0.2) is 0 Å². The topological polar surface area (TPSA) is 26.0 Å². The van der Waals surface area contributed by atoms with E-state index in [1.807, 2.05) is 12.1 Å². The van der Waals surface area contributed by atoms with E-state index < -0.39 is 0 Å². The summed E-state index contributed by atoms with van der Waals surface area (Å²) in [5.41, 5.74) is 2.40. The monoisotopic (exact) mass is 229 g/mol. The van der Waals surface area contributed by atoms with Gasteiger partial charge in [-0.15, -0.1) is 0 Å². The van der Waals surface area contributed by atoms with Gasteiger partial charge in [0.1, 0.15) is 5.52 Å². The van der Waals surface area contributed by atoms with Crippen LogP contribution in [0.2, 0.25) is 10.4 Å². The summed E-state index contributed by atoms with van der Waals surface area (Å²) >= 11 is 11.7. The highest BCUT2D eigenvalue weighted by atomic mass is 35.5. The van der Waals surface area contributed by atoms with Crippen molar-refractivity contribution in [1.82, 2.24) is 4.98 Å². The van der Waals surface area contributed by atoms with Gasteiger partial charge < -0.3 is 4.42 Å². The van der Waals surface area contributed by atoms with Crippen LogP contribution in [0.15, 0.2) is 16.5 Å². The standard InChI is InChI=1S/C10H9Cl2NO/c1-5(2)6-3-7(11)9-8(4-6)13-10(12)14-9/h3-5H,1-2H3. The van der Waals surface area contributed by atoms with Gasteiger partial charge in [-0.2, -0.15) is 4.98 Å². The molecule has 4 heteroatoms. The van der Waals surface area contributed by atoms with Crippen LogP contribution < -0.4 is 0 Å². The predicted octanol–water partition coefficient (Wildman–Crippen LogP) is 4.26. The Morgan fingerprint density at radius 1 is 1.29 bits per heavy atom. The van der Waals surface area contributed by atoms with Crippen molar-refractivity contribution < 1.29 is 4.42 Å². The molecule has 0 bridgehead atoms. The van der Waals surface area contributed by atoms with E-state index in [9.17, 15) is 0 Å². The number of hydrogen-bond donors (Lipinski definition) is 0. The fraction of sp³-hybridized carbons (Fsp3) is 0.300. The van der Waals surface area contributed by atoms with Crippen molar-refractivity contribution in [2.24, 2.45) is 0 Å². The second kappa shape index (κ2) is 3.44. The zero-order valence-corrected chi connectivity index (χ0v) is 9.36. The Hall–Kier alpha value is -0.730. The van der Waals surface area contributed by atoms with Crippen molar-refractivity contribution in [2.75, 3.05) is 0 Å². The van der Waals surface area contributed by atoms with E-state index in [-0.39, 0.29) is 5.35 Å². The molecular formula is C10H9Cl2NO. The molecule has 0 N–H and O–H groups in total. The normalized spacial score (nSPS) is 11.5. The molecule has 0 fully saturated rings. The summed E-state index contributed by atoms with van der Waals surface area (Å²) in [5, 5.41) is 0.688. The van der Waals surface area contributed by atoms with Crippen LogP contribution in [0.25, 0.3) is 11.1 Å². The van der Waals surface area contributed by atoms with E-state index in [4.69, 9.17) is 27.6 Å². The largest absolute Gasteiger partial charge is 0.426 e. The van der Waals surface area contributed by atoms with E-state index in [2.05, 4.69) is 18.8 Å². The molecule has 14 heavy (non-hydrogen) atoms. The highest BCUT2D eigenvalue weighted by Crippen LogP contribution is 2.30. The maximum Gasteiger partial charge on any atom is 0.293 e. The zero-order chi connectivity index (χ0) is 10.3. The van der Waals surface area contributed by atoms with Gasteiger partial charge in [-0.3, -0.25) is 0 Å². The molecule has 1 aromatic carbocycles. The van der Waals surface area contributed by atoms with Crippen LogP contribution in [-0.4, -0.2) is 4.98 Å². The summed E-state index contributed by atoms with van der Waals surface area (Å²) in [5.74, 6) is 0.410. The van der Waals surface area contributed by atoms with Crippen LogP contribution in [0.1, 0.15) is 25.3 Å². The van der Waals surface area contributed by atoms with Gasteiger partial charge in [-0.1, -0.05) is 25.4 Å². The van der Waals surface area contributed by atoms with Crippen LogP contribution >= 0.6 is 23.2 Å². The molecule has 0 aliphatic heterocycles. The number of fused-ring (bicyclic) bond motifs is 1. The number of rotatable bonds is 1. The fourth-order valence-electron chi connectivity index (χ4n) is 1.32. The minimum absolute atomic E-state index is 0.128. The Morgan fingerprint density at radius 2 is 2.00 bits per heavy atom. The molecule has 1 heterocycles. The van der Waals surface area contributed by atoms with Gasteiger partial charge in [-0.05, 0) is 35.2 Å². The third-order valence-corrected chi connectivity index (χ3v) is 2.55. The molecule has 0 saturated carbocycles. The lowest BCUT2D eigenvalue weighted by molar-refractivity contribution is 0.604. The first-order chi connectivity index (χ1) is 6.58. The van der Waals surface area contributed by atoms with E-state index in [1.54, 1.807) is 0 Å². The average Bonchev–Trinajstić information content (AvgIpc) is 2.45. The molecule has 74 valence electrons. The minimum Gasteiger partial charge on any atom is -0.426 e. The van der Waals surface area contributed by atoms with Crippen molar-refractivity contribution in [2.45, 2.75) is 19.8 Å². The first-order valence-corrected chi connectivity index (χ1v) is 5.09. The third kappa shape index (κ3) is 1.60. The Labute approximate surface area is 91.8 Å². The molecule has 2 rings (SSSR count). The van der Waals surface area contributed by atoms with Gasteiger partial charge in [0.25, 0.3) is 5.35 Å². The maximum absolute atomic E-state index is 6.03. The van der Waals surface area contributed by atoms with Crippen molar-refractivity contribution in [3.05, 3.63) is 28.1 Å². The molecule has 0 aliphatic rings. The van der Waals surface area contributed by atoms with Crippen LogP contribution in [0.5, 0.6) is 0 Å². The summed E-state index contributed by atoms with van der Waals surface area (Å²) in [6.07, 6.45) is 0. The van der Waals surface area contributed by atoms with Crippen molar-refractivity contribution in [3.63, 3.8) is 0 Å². The van der Waals surface area contributed by atoms with Gasteiger partial charge in [0, 0.05) is 0 Å². The van der Waals surface area contributed by atoms with Crippen LogP contribution in [0.3, 0.4) is 0 Å². The summed E-state index contributed by atoms with van der Waals surface area (Å²) in [6.45, 7) is 4.19. The predicted molar refractivity (Wildman–Crippen MR) is 58.1 cm³/mol. The molecule has 0 aliphatic carbocycles. The highest BCUT2D eigenvalue weighted by molar-refractivity contribution is 6.35. The number of aromatic nitrogens is 1. The Kier molecular flexibility index (Phi) is 2.41. The van der Waals surface area contributed by atoms with E-state index >= 15 is 0 Å². The lowest BCUT2D eigenvalue weighted by Crippen LogP contribution is -1.86. The summed E-state index contributed by atoms with van der Waals surface area (Å²) in [6, 6.07) is 3.83. The van der Waals surface area contributed by atoms with Gasteiger partial charge in [0.05, 0.1) is 5.02 Å². The second-order valence-corrected chi connectivity index (χ2v) is 4.20. The van der Waals surface area contributed by atoms with E-state index in [1.165, 1.54) is 0 Å². The Balaban J connectivity index is 2.71. The number of halogens is 2. The SMILES string of the molecule is CC(C)c1cc(Cl)c2oc(Cl)nc2c1. The smallest absolute Gasteiger partial charge is 0.293 e. The average molecular weight is 230 g/mol. The Bertz CT molecular complexity index is 476. The number of benzene rings is 1. The Morgan fingerprint density at radius 3 is 2.64 bits per heavy atom. The molecule has 1 aromatic heterocycles. The number of nitrogens with zero attached hydrogens (tertiary/aromatic N) is 1. The van der Waals surface area contributed by atoms with Crippen molar-refractivity contribution >= 4 is 34.3 Å². The van der Waals surface area contributed by atoms with Crippen molar-refractivity contribution in [3.8, 4) is 0 Å². The molecule has 2 nitrogen and oxygen atoms in total. The van der Waals surface area contributed by atoms with Gasteiger partial charge in [0.2, 0.25) is 0 Å². The first kappa shape index (κ1) is 9.81. The summed E-state index contributed by atoms with van der Waals surface area (Å²) < 4.78 is 5.16. The first-order valence-electron chi connectivity index (χ1n) is 4.33. The maximum atomic E-state index is 6.03. The summed E-state index contributed by atoms with van der Waals surface area (Å²) in [7, 11) is 0.